The van der Waals surface area contributed by atoms with Crippen molar-refractivity contribution < 1.29 is 4.74 Å². The third kappa shape index (κ3) is 4.79. The molecule has 0 saturated heterocycles. The molecule has 2 atom stereocenters. The Labute approximate surface area is 167 Å². The molecule has 0 aromatic heterocycles. The summed E-state index contributed by atoms with van der Waals surface area (Å²) < 4.78 is 7.35. The van der Waals surface area contributed by atoms with Crippen LogP contribution in [0.5, 0.6) is 5.75 Å². The Morgan fingerprint density at radius 3 is 2.50 bits per heavy atom. The lowest BCUT2D eigenvalue weighted by atomic mass is 10.1. The second-order valence-corrected chi connectivity index (χ2v) is 8.10. The number of amidine groups is 1. The van der Waals surface area contributed by atoms with Gasteiger partial charge in [-0.2, -0.15) is 0 Å². The standard InChI is InChI=1S/C20H23Cl2N2OP/c1-5-19(14-10-11-16(21)17(22)12-14)26-24(13(2)3)20(23)15-8-6-7-9-18(15)25-4/h6-12,19,23,26H,2,5H2,1,3-4H3. The summed E-state index contributed by atoms with van der Waals surface area (Å²) in [6.45, 7) is 8.12. The fraction of sp³-hybridized carbons (Fsp3) is 0.250. The molecule has 0 saturated carbocycles. The number of para-hydroxylation sites is 1. The maximum absolute atomic E-state index is 8.71. The molecule has 0 aliphatic carbocycles. The predicted molar refractivity (Wildman–Crippen MR) is 114 cm³/mol. The highest BCUT2D eigenvalue weighted by Crippen LogP contribution is 2.44. The minimum Gasteiger partial charge on any atom is -0.496 e. The van der Waals surface area contributed by atoms with E-state index in [-0.39, 0.29) is 5.66 Å². The smallest absolute Gasteiger partial charge is 0.139 e. The molecular weight excluding hydrogens is 386 g/mol. The van der Waals surface area contributed by atoms with Gasteiger partial charge in [-0.05, 0) is 51.9 Å². The summed E-state index contributed by atoms with van der Waals surface area (Å²) >= 11 is 12.2. The monoisotopic (exact) mass is 408 g/mol. The molecule has 3 nitrogen and oxygen atoms in total. The summed E-state index contributed by atoms with van der Waals surface area (Å²) in [5, 5.41) is 9.81. The second-order valence-electron chi connectivity index (χ2n) is 5.88. The van der Waals surface area contributed by atoms with Crippen molar-refractivity contribution in [1.82, 2.24) is 4.67 Å². The van der Waals surface area contributed by atoms with Gasteiger partial charge in [0, 0.05) is 11.4 Å². The molecule has 0 spiro atoms. The number of ether oxygens (including phenoxy) is 1. The summed E-state index contributed by atoms with van der Waals surface area (Å²) in [6, 6.07) is 13.3. The van der Waals surface area contributed by atoms with Crippen LogP contribution in [-0.2, 0) is 0 Å². The molecule has 0 radical (unpaired) electrons. The fourth-order valence-electron chi connectivity index (χ4n) is 2.61. The minimum absolute atomic E-state index is 0.219. The average Bonchev–Trinajstić information content (AvgIpc) is 2.64. The van der Waals surface area contributed by atoms with E-state index in [1.165, 1.54) is 0 Å². The summed E-state index contributed by atoms with van der Waals surface area (Å²) in [6.07, 6.45) is 0.916. The number of methoxy groups -OCH3 is 1. The van der Waals surface area contributed by atoms with Crippen LogP contribution in [-0.4, -0.2) is 17.6 Å². The third-order valence-corrected chi connectivity index (χ3v) is 6.66. The molecule has 0 heterocycles. The normalized spacial score (nSPS) is 12.2. The van der Waals surface area contributed by atoms with Crippen molar-refractivity contribution >= 4 is 37.8 Å². The van der Waals surface area contributed by atoms with Gasteiger partial charge in [0.05, 0.1) is 22.7 Å². The number of hydrogen-bond donors (Lipinski definition) is 1. The molecule has 2 aromatic carbocycles. The predicted octanol–water partition coefficient (Wildman–Crippen LogP) is 6.91. The number of rotatable bonds is 7. The fourth-order valence-corrected chi connectivity index (χ4v) is 4.21. The molecule has 138 valence electrons. The molecule has 2 aromatic rings. The van der Waals surface area contributed by atoms with Gasteiger partial charge in [-0.3, -0.25) is 5.41 Å². The molecule has 0 bridgehead atoms. The van der Waals surface area contributed by atoms with E-state index in [4.69, 9.17) is 33.3 Å². The largest absolute Gasteiger partial charge is 0.496 e. The molecule has 6 heteroatoms. The maximum atomic E-state index is 8.71. The SMILES string of the molecule is C=C(C)N(PC(CC)c1ccc(Cl)c(Cl)c1)C(=N)c1ccccc1OC. The quantitative estimate of drug-likeness (QED) is 0.307. The Morgan fingerprint density at radius 1 is 1.23 bits per heavy atom. The number of benzene rings is 2. The van der Waals surface area contributed by atoms with Crippen LogP contribution in [0.2, 0.25) is 10.0 Å². The van der Waals surface area contributed by atoms with E-state index < -0.39 is 0 Å². The first-order chi connectivity index (χ1) is 12.4. The topological polar surface area (TPSA) is 36.3 Å². The second kappa shape index (κ2) is 9.41. The van der Waals surface area contributed by atoms with Gasteiger partial charge >= 0.3 is 0 Å². The minimum atomic E-state index is 0.219. The highest BCUT2D eigenvalue weighted by atomic mass is 35.5. The number of nitrogens with zero attached hydrogens (tertiary/aromatic N) is 1. The Hall–Kier alpha value is -1.54. The summed E-state index contributed by atoms with van der Waals surface area (Å²) in [5.41, 5.74) is 2.89. The summed E-state index contributed by atoms with van der Waals surface area (Å²) in [7, 11) is 1.94. The average molecular weight is 409 g/mol. The van der Waals surface area contributed by atoms with E-state index in [2.05, 4.69) is 13.5 Å². The lowest BCUT2D eigenvalue weighted by Gasteiger charge is -2.30. The number of nitrogens with one attached hydrogen (secondary N) is 1. The molecule has 26 heavy (non-hydrogen) atoms. The molecule has 1 N–H and O–H groups in total. The number of allylic oxidation sites excluding steroid dienone is 1. The van der Waals surface area contributed by atoms with Crippen molar-refractivity contribution in [3.8, 4) is 5.75 Å². The van der Waals surface area contributed by atoms with Gasteiger partial charge in [0.25, 0.3) is 0 Å². The van der Waals surface area contributed by atoms with E-state index in [0.717, 1.165) is 23.2 Å². The van der Waals surface area contributed by atoms with Crippen LogP contribution in [0.25, 0.3) is 0 Å². The number of halogens is 2. The molecule has 0 aliphatic rings. The molecule has 0 aliphatic heterocycles. The van der Waals surface area contributed by atoms with Gasteiger partial charge in [0.1, 0.15) is 11.6 Å². The zero-order valence-corrected chi connectivity index (χ0v) is 17.7. The Kier molecular flexibility index (Phi) is 7.52. The van der Waals surface area contributed by atoms with Gasteiger partial charge in [-0.1, -0.05) is 54.9 Å². The van der Waals surface area contributed by atoms with Crippen molar-refractivity contribution in [1.29, 1.82) is 5.41 Å². The van der Waals surface area contributed by atoms with E-state index in [1.54, 1.807) is 7.11 Å². The van der Waals surface area contributed by atoms with E-state index in [1.807, 2.05) is 54.1 Å². The summed E-state index contributed by atoms with van der Waals surface area (Å²) in [5.74, 6) is 1.06. The molecule has 0 amide bonds. The van der Waals surface area contributed by atoms with Crippen LogP contribution in [0.4, 0.5) is 0 Å². The van der Waals surface area contributed by atoms with Crippen LogP contribution >= 0.6 is 31.9 Å². The van der Waals surface area contributed by atoms with Crippen molar-refractivity contribution in [3.63, 3.8) is 0 Å². The van der Waals surface area contributed by atoms with Gasteiger partial charge in [0.15, 0.2) is 0 Å². The van der Waals surface area contributed by atoms with Gasteiger partial charge < -0.3 is 9.41 Å². The van der Waals surface area contributed by atoms with E-state index in [0.29, 0.717) is 30.4 Å². The van der Waals surface area contributed by atoms with Gasteiger partial charge in [0.2, 0.25) is 0 Å². The van der Waals surface area contributed by atoms with E-state index in [9.17, 15) is 0 Å². The Bertz CT molecular complexity index is 810. The van der Waals surface area contributed by atoms with Crippen LogP contribution in [0.3, 0.4) is 0 Å². The Morgan fingerprint density at radius 2 is 1.92 bits per heavy atom. The first-order valence-electron chi connectivity index (χ1n) is 8.27. The van der Waals surface area contributed by atoms with Crippen LogP contribution in [0, 0.1) is 5.41 Å². The van der Waals surface area contributed by atoms with E-state index >= 15 is 0 Å². The first-order valence-corrected chi connectivity index (χ1v) is 10.1. The van der Waals surface area contributed by atoms with Crippen molar-refractivity contribution in [3.05, 3.63) is 75.9 Å². The molecule has 2 rings (SSSR count). The lowest BCUT2D eigenvalue weighted by molar-refractivity contribution is 0.413. The molecular formula is C20H23Cl2N2OP. The number of hydrogen-bond acceptors (Lipinski definition) is 2. The van der Waals surface area contributed by atoms with Crippen molar-refractivity contribution in [2.45, 2.75) is 25.9 Å². The lowest BCUT2D eigenvalue weighted by Crippen LogP contribution is -2.22. The van der Waals surface area contributed by atoms with Crippen LogP contribution in [0.15, 0.2) is 54.7 Å². The summed E-state index contributed by atoms with van der Waals surface area (Å²) in [4.78, 5) is 0. The van der Waals surface area contributed by atoms with Gasteiger partial charge in [-0.15, -0.1) is 0 Å². The first kappa shape index (κ1) is 20.8. The Balaban J connectivity index is 2.32. The third-order valence-electron chi connectivity index (χ3n) is 4.01. The van der Waals surface area contributed by atoms with Crippen LogP contribution in [0.1, 0.15) is 37.1 Å². The van der Waals surface area contributed by atoms with Crippen molar-refractivity contribution in [2.75, 3.05) is 7.11 Å². The zero-order chi connectivity index (χ0) is 19.3. The highest BCUT2D eigenvalue weighted by molar-refractivity contribution is 7.37. The highest BCUT2D eigenvalue weighted by Gasteiger charge is 2.21. The maximum Gasteiger partial charge on any atom is 0.139 e. The zero-order valence-electron chi connectivity index (χ0n) is 15.1. The van der Waals surface area contributed by atoms with Gasteiger partial charge in [-0.25, -0.2) is 0 Å². The van der Waals surface area contributed by atoms with Crippen LogP contribution < -0.4 is 4.74 Å². The van der Waals surface area contributed by atoms with Crippen molar-refractivity contribution in [2.24, 2.45) is 0 Å². The molecule has 2 unspecified atom stereocenters. The molecule has 0 fully saturated rings.